The van der Waals surface area contributed by atoms with Crippen molar-refractivity contribution in [3.63, 3.8) is 0 Å². The van der Waals surface area contributed by atoms with Gasteiger partial charge in [-0.15, -0.1) is 0 Å². The highest BCUT2D eigenvalue weighted by molar-refractivity contribution is 6.31. The van der Waals surface area contributed by atoms with Gasteiger partial charge in [-0.25, -0.2) is 4.39 Å². The largest absolute Gasteiger partial charge is 0.369 e. The zero-order valence-corrected chi connectivity index (χ0v) is 14.6. The van der Waals surface area contributed by atoms with Crippen LogP contribution in [0.2, 0.25) is 0 Å². The molecule has 2 heterocycles. The van der Waals surface area contributed by atoms with Crippen molar-refractivity contribution >= 4 is 28.5 Å². The fraction of sp³-hybridized carbons (Fsp3) is 0.250. The Hall–Kier alpha value is -2.86. The van der Waals surface area contributed by atoms with Gasteiger partial charge in [-0.3, -0.25) is 4.79 Å². The van der Waals surface area contributed by atoms with Crippen LogP contribution in [0.15, 0.2) is 48.7 Å². The van der Waals surface area contributed by atoms with Crippen molar-refractivity contribution in [2.24, 2.45) is 0 Å². The minimum Gasteiger partial charge on any atom is -0.369 e. The van der Waals surface area contributed by atoms with E-state index in [1.54, 1.807) is 18.3 Å². The lowest BCUT2D eigenvalue weighted by molar-refractivity contribution is -0.110. The van der Waals surface area contributed by atoms with Gasteiger partial charge < -0.3 is 20.4 Å². The number of hydrogen-bond donors (Lipinski definition) is 2. The molecule has 0 spiro atoms. The van der Waals surface area contributed by atoms with Crippen LogP contribution in [-0.4, -0.2) is 44.0 Å². The van der Waals surface area contributed by atoms with Crippen LogP contribution in [0.25, 0.3) is 5.57 Å². The van der Waals surface area contributed by atoms with E-state index in [1.807, 2.05) is 12.1 Å². The van der Waals surface area contributed by atoms with E-state index in [2.05, 4.69) is 39.6 Å². The maximum Gasteiger partial charge on any atom is 0.257 e. The summed E-state index contributed by atoms with van der Waals surface area (Å²) in [6.07, 6.45) is 1.56. The average molecular weight is 352 g/mol. The Labute approximate surface area is 152 Å². The highest BCUT2D eigenvalue weighted by atomic mass is 19.1. The third-order valence-corrected chi connectivity index (χ3v) is 4.89. The molecule has 1 fully saturated rings. The molecule has 2 aromatic carbocycles. The molecule has 0 unspecified atom stereocenters. The fourth-order valence-corrected chi connectivity index (χ4v) is 3.33. The van der Waals surface area contributed by atoms with Gasteiger partial charge in [0.15, 0.2) is 0 Å². The Bertz CT molecular complexity index is 855. The Kier molecular flexibility index (Phi) is 4.34. The van der Waals surface area contributed by atoms with Gasteiger partial charge in [0, 0.05) is 49.3 Å². The summed E-state index contributed by atoms with van der Waals surface area (Å²) in [5.41, 5.74) is 3.17. The lowest BCUT2D eigenvalue weighted by Gasteiger charge is -2.34. The first-order valence-electron chi connectivity index (χ1n) is 8.72. The second kappa shape index (κ2) is 6.80. The fourth-order valence-electron chi connectivity index (χ4n) is 3.33. The number of nitrogens with zero attached hydrogens (tertiary/aromatic N) is 2. The number of hydrogen-bond acceptors (Lipinski definition) is 4. The third kappa shape index (κ3) is 3.15. The van der Waals surface area contributed by atoms with Crippen molar-refractivity contribution in [2.75, 3.05) is 48.8 Å². The number of benzene rings is 2. The second-order valence-electron chi connectivity index (χ2n) is 6.66. The predicted molar refractivity (Wildman–Crippen MR) is 103 cm³/mol. The van der Waals surface area contributed by atoms with Crippen LogP contribution in [0.4, 0.5) is 21.5 Å². The Morgan fingerprint density at radius 3 is 2.54 bits per heavy atom. The van der Waals surface area contributed by atoms with Gasteiger partial charge in [0.1, 0.15) is 5.82 Å². The Morgan fingerprint density at radius 1 is 1.08 bits per heavy atom. The minimum absolute atomic E-state index is 0.299. The number of halogens is 1. The lowest BCUT2D eigenvalue weighted by atomic mass is 10.1. The van der Waals surface area contributed by atoms with Crippen molar-refractivity contribution in [2.45, 2.75) is 0 Å². The molecule has 0 radical (unpaired) electrons. The first-order chi connectivity index (χ1) is 12.6. The number of carbonyl (C=O) groups excluding carboxylic acids is 1. The van der Waals surface area contributed by atoms with E-state index in [0.717, 1.165) is 31.9 Å². The van der Waals surface area contributed by atoms with Crippen molar-refractivity contribution in [3.05, 3.63) is 60.0 Å². The SMILES string of the molecule is CN1CCN(c2ccc(NC=C3C(=O)Nc4cccc(F)c43)cc2)CC1. The van der Waals surface area contributed by atoms with Gasteiger partial charge in [-0.05, 0) is 43.4 Å². The Morgan fingerprint density at radius 2 is 1.81 bits per heavy atom. The molecule has 2 aliphatic heterocycles. The molecule has 2 aliphatic rings. The summed E-state index contributed by atoms with van der Waals surface area (Å²) in [6.45, 7) is 4.16. The van der Waals surface area contributed by atoms with E-state index in [-0.39, 0.29) is 5.91 Å². The van der Waals surface area contributed by atoms with Gasteiger partial charge in [0.25, 0.3) is 5.91 Å². The molecule has 0 saturated carbocycles. The monoisotopic (exact) mass is 352 g/mol. The predicted octanol–water partition coefficient (Wildman–Crippen LogP) is 2.98. The summed E-state index contributed by atoms with van der Waals surface area (Å²) in [5, 5.41) is 5.79. The number of likely N-dealkylation sites (N-methyl/N-ethyl adjacent to an activating group) is 1. The second-order valence-corrected chi connectivity index (χ2v) is 6.66. The number of rotatable bonds is 3. The molecule has 4 rings (SSSR count). The molecule has 2 N–H and O–H groups in total. The summed E-state index contributed by atoms with van der Waals surface area (Å²) in [6, 6.07) is 12.7. The van der Waals surface area contributed by atoms with Crippen LogP contribution in [-0.2, 0) is 4.79 Å². The van der Waals surface area contributed by atoms with Crippen LogP contribution in [0.5, 0.6) is 0 Å². The smallest absolute Gasteiger partial charge is 0.257 e. The topological polar surface area (TPSA) is 47.6 Å². The molecule has 1 saturated heterocycles. The number of amides is 1. The third-order valence-electron chi connectivity index (χ3n) is 4.89. The molecule has 0 aliphatic carbocycles. The van der Waals surface area contributed by atoms with E-state index in [4.69, 9.17) is 0 Å². The van der Waals surface area contributed by atoms with Crippen molar-refractivity contribution in [1.82, 2.24) is 4.90 Å². The van der Waals surface area contributed by atoms with Crippen LogP contribution in [0, 0.1) is 5.82 Å². The molecule has 5 nitrogen and oxygen atoms in total. The molecule has 6 heteroatoms. The molecule has 0 bridgehead atoms. The number of nitrogens with one attached hydrogen (secondary N) is 2. The first kappa shape index (κ1) is 16.6. The van der Waals surface area contributed by atoms with Crippen molar-refractivity contribution in [3.8, 4) is 0 Å². The first-order valence-corrected chi connectivity index (χ1v) is 8.72. The maximum absolute atomic E-state index is 14.1. The van der Waals surface area contributed by atoms with Gasteiger partial charge >= 0.3 is 0 Å². The number of carbonyl (C=O) groups is 1. The molecule has 26 heavy (non-hydrogen) atoms. The molecular weight excluding hydrogens is 331 g/mol. The summed E-state index contributed by atoms with van der Waals surface area (Å²) in [5.74, 6) is -0.703. The number of fused-ring (bicyclic) bond motifs is 1. The van der Waals surface area contributed by atoms with Crippen LogP contribution in [0.3, 0.4) is 0 Å². The molecule has 134 valence electrons. The number of anilines is 3. The van der Waals surface area contributed by atoms with E-state index >= 15 is 0 Å². The van der Waals surface area contributed by atoms with Crippen LogP contribution < -0.4 is 15.5 Å². The van der Waals surface area contributed by atoms with Crippen molar-refractivity contribution < 1.29 is 9.18 Å². The summed E-state index contributed by atoms with van der Waals surface area (Å²) >= 11 is 0. The van der Waals surface area contributed by atoms with E-state index < -0.39 is 5.82 Å². The number of piperazine rings is 1. The summed E-state index contributed by atoms with van der Waals surface area (Å²) < 4.78 is 14.1. The normalized spacial score (nSPS) is 18.8. The molecule has 0 aromatic heterocycles. The minimum atomic E-state index is -0.403. The summed E-state index contributed by atoms with van der Waals surface area (Å²) in [4.78, 5) is 16.8. The maximum atomic E-state index is 14.1. The molecule has 2 aromatic rings. The van der Waals surface area contributed by atoms with E-state index in [9.17, 15) is 9.18 Å². The van der Waals surface area contributed by atoms with Crippen LogP contribution in [0.1, 0.15) is 5.56 Å². The van der Waals surface area contributed by atoms with Crippen molar-refractivity contribution in [1.29, 1.82) is 0 Å². The lowest BCUT2D eigenvalue weighted by Crippen LogP contribution is -2.44. The van der Waals surface area contributed by atoms with Gasteiger partial charge in [0.05, 0.1) is 11.3 Å². The van der Waals surface area contributed by atoms with Gasteiger partial charge in [0.2, 0.25) is 0 Å². The average Bonchev–Trinajstić information content (AvgIpc) is 2.98. The summed E-state index contributed by atoms with van der Waals surface area (Å²) in [7, 11) is 2.14. The van der Waals surface area contributed by atoms with E-state index in [0.29, 0.717) is 16.8 Å². The molecular formula is C20H21FN4O. The van der Waals surface area contributed by atoms with Gasteiger partial charge in [-0.1, -0.05) is 6.07 Å². The molecule has 1 amide bonds. The highest BCUT2D eigenvalue weighted by Gasteiger charge is 2.27. The zero-order valence-electron chi connectivity index (χ0n) is 14.6. The quantitative estimate of drug-likeness (QED) is 0.834. The Balaban J connectivity index is 1.49. The highest BCUT2D eigenvalue weighted by Crippen LogP contribution is 2.33. The van der Waals surface area contributed by atoms with E-state index in [1.165, 1.54) is 11.8 Å². The standard InChI is InChI=1S/C20H21FN4O/c1-24-9-11-25(12-10-24)15-7-5-14(6-8-15)22-13-16-19-17(21)3-2-4-18(19)23-20(16)26/h2-8,13,22H,9-12H2,1H3,(H,23,26). The van der Waals surface area contributed by atoms with Crippen LogP contribution >= 0.6 is 0 Å². The van der Waals surface area contributed by atoms with Gasteiger partial charge in [-0.2, -0.15) is 0 Å². The molecule has 0 atom stereocenters. The zero-order chi connectivity index (χ0) is 18.1.